The van der Waals surface area contributed by atoms with Crippen LogP contribution in [-0.4, -0.2) is 41.1 Å². The van der Waals surface area contributed by atoms with E-state index in [1.165, 1.54) is 16.7 Å². The summed E-state index contributed by atoms with van der Waals surface area (Å²) in [5, 5.41) is -0.248. The Hall–Kier alpha value is -3.14. The predicted molar refractivity (Wildman–Crippen MR) is 131 cm³/mol. The first-order chi connectivity index (χ1) is 16.5. The van der Waals surface area contributed by atoms with E-state index in [4.69, 9.17) is 19.6 Å². The maximum Gasteiger partial charge on any atom is 0.356 e. The Kier molecular flexibility index (Phi) is 6.40. The molecule has 0 saturated carbocycles. The summed E-state index contributed by atoms with van der Waals surface area (Å²) in [4.78, 5) is 28.9. The SMILES string of the molecule is COc1ccc(COC(=O)C2=C(Sc3ccc(-c4ccco4)cc3)CS[C@H]3[C@H](N)C(=O)N23)cc1. The van der Waals surface area contributed by atoms with Gasteiger partial charge in [-0.2, -0.15) is 0 Å². The monoisotopic (exact) mass is 494 g/mol. The lowest BCUT2D eigenvalue weighted by Gasteiger charge is -2.48. The van der Waals surface area contributed by atoms with Crippen LogP contribution in [0.15, 0.2) is 86.8 Å². The van der Waals surface area contributed by atoms with E-state index in [0.29, 0.717) is 5.75 Å². The summed E-state index contributed by atoms with van der Waals surface area (Å²) in [5.74, 6) is 1.28. The number of rotatable bonds is 7. The van der Waals surface area contributed by atoms with Crippen LogP contribution in [0.1, 0.15) is 5.56 Å². The van der Waals surface area contributed by atoms with Gasteiger partial charge in [0.15, 0.2) is 0 Å². The van der Waals surface area contributed by atoms with Crippen LogP contribution in [0, 0.1) is 0 Å². The second kappa shape index (κ2) is 9.61. The fourth-order valence-electron chi connectivity index (χ4n) is 3.77. The molecule has 1 fully saturated rings. The highest BCUT2D eigenvalue weighted by Crippen LogP contribution is 2.45. The van der Waals surface area contributed by atoms with Crippen LogP contribution in [0.4, 0.5) is 0 Å². The Balaban J connectivity index is 1.37. The molecule has 0 bridgehead atoms. The second-order valence-corrected chi connectivity index (χ2v) is 10.0. The number of amides is 1. The number of hydrogen-bond donors (Lipinski definition) is 1. The van der Waals surface area contributed by atoms with E-state index in [1.807, 2.05) is 48.5 Å². The van der Waals surface area contributed by atoms with Gasteiger partial charge < -0.3 is 19.6 Å². The first-order valence-corrected chi connectivity index (χ1v) is 12.5. The van der Waals surface area contributed by atoms with E-state index in [0.717, 1.165) is 32.4 Å². The van der Waals surface area contributed by atoms with E-state index < -0.39 is 12.0 Å². The molecule has 2 aromatic carbocycles. The molecule has 2 aliphatic rings. The quantitative estimate of drug-likeness (QED) is 0.385. The number of fused-ring (bicyclic) bond motifs is 1. The van der Waals surface area contributed by atoms with Gasteiger partial charge in [0.05, 0.1) is 13.4 Å². The Labute approximate surface area is 205 Å². The van der Waals surface area contributed by atoms with E-state index in [9.17, 15) is 9.59 Å². The Morgan fingerprint density at radius 3 is 2.62 bits per heavy atom. The minimum absolute atomic E-state index is 0.0913. The van der Waals surface area contributed by atoms with Crippen molar-refractivity contribution in [2.24, 2.45) is 5.73 Å². The molecule has 0 unspecified atom stereocenters. The number of nitrogens with zero attached hydrogens (tertiary/aromatic N) is 1. The van der Waals surface area contributed by atoms with Crippen LogP contribution in [0.5, 0.6) is 5.75 Å². The normalized spacial score (nSPS) is 19.5. The topological polar surface area (TPSA) is 95.0 Å². The zero-order valence-electron chi connectivity index (χ0n) is 18.3. The number of esters is 1. The maximum atomic E-state index is 13.2. The molecule has 0 aliphatic carbocycles. The summed E-state index contributed by atoms with van der Waals surface area (Å²) in [7, 11) is 1.59. The molecule has 3 heterocycles. The summed E-state index contributed by atoms with van der Waals surface area (Å²) in [6.45, 7) is 0.0913. The van der Waals surface area contributed by atoms with Gasteiger partial charge >= 0.3 is 5.97 Å². The number of carbonyl (C=O) groups is 2. The molecule has 0 radical (unpaired) electrons. The van der Waals surface area contributed by atoms with Crippen molar-refractivity contribution < 1.29 is 23.5 Å². The first-order valence-electron chi connectivity index (χ1n) is 10.6. The van der Waals surface area contributed by atoms with E-state index in [2.05, 4.69) is 0 Å². The van der Waals surface area contributed by atoms with Crippen molar-refractivity contribution in [2.75, 3.05) is 12.9 Å². The van der Waals surface area contributed by atoms with Crippen LogP contribution in [0.25, 0.3) is 11.3 Å². The predicted octanol–water partition coefficient (Wildman–Crippen LogP) is 4.24. The molecule has 7 nitrogen and oxygen atoms in total. The molecule has 1 aromatic heterocycles. The summed E-state index contributed by atoms with van der Waals surface area (Å²) >= 11 is 3.01. The van der Waals surface area contributed by atoms with Crippen molar-refractivity contribution in [1.82, 2.24) is 4.90 Å². The standard InChI is InChI=1S/C25H22N2O5S2/c1-30-17-8-4-15(5-9-17)13-32-25(29)22-20(14-33-24-21(26)23(28)27(22)24)34-18-10-6-16(7-11-18)19-3-2-12-31-19/h2-12,21,24H,13-14,26H2,1H3/t21-,24+/m1/s1. The third-order valence-electron chi connectivity index (χ3n) is 5.60. The molecular formula is C25H22N2O5S2. The van der Waals surface area contributed by atoms with E-state index >= 15 is 0 Å². The minimum Gasteiger partial charge on any atom is -0.497 e. The van der Waals surface area contributed by atoms with Gasteiger partial charge in [-0.05, 0) is 42.0 Å². The molecule has 3 aromatic rings. The largest absolute Gasteiger partial charge is 0.497 e. The summed E-state index contributed by atoms with van der Waals surface area (Å²) in [6.07, 6.45) is 1.64. The molecular weight excluding hydrogens is 472 g/mol. The van der Waals surface area contributed by atoms with Crippen molar-refractivity contribution in [3.05, 3.63) is 83.1 Å². The summed E-state index contributed by atoms with van der Waals surface area (Å²) in [6, 6.07) is 18.3. The zero-order valence-corrected chi connectivity index (χ0v) is 19.9. The number of ether oxygens (including phenoxy) is 2. The van der Waals surface area contributed by atoms with Crippen LogP contribution >= 0.6 is 23.5 Å². The Morgan fingerprint density at radius 1 is 1.18 bits per heavy atom. The highest BCUT2D eigenvalue weighted by atomic mass is 32.2. The molecule has 2 aliphatic heterocycles. The lowest BCUT2D eigenvalue weighted by Crippen LogP contribution is -2.68. The third-order valence-corrected chi connectivity index (χ3v) is 8.17. The van der Waals surface area contributed by atoms with Crippen LogP contribution < -0.4 is 10.5 Å². The van der Waals surface area contributed by atoms with Crippen molar-refractivity contribution in [2.45, 2.75) is 22.9 Å². The summed E-state index contributed by atoms with van der Waals surface area (Å²) in [5.41, 5.74) is 8.05. The molecule has 34 heavy (non-hydrogen) atoms. The smallest absolute Gasteiger partial charge is 0.356 e. The lowest BCUT2D eigenvalue weighted by atomic mass is 10.1. The third kappa shape index (κ3) is 4.34. The zero-order chi connectivity index (χ0) is 23.7. The number of nitrogens with two attached hydrogens (primary N) is 1. The van der Waals surface area contributed by atoms with Crippen molar-refractivity contribution in [3.63, 3.8) is 0 Å². The molecule has 1 amide bonds. The van der Waals surface area contributed by atoms with Gasteiger partial charge in [-0.1, -0.05) is 36.0 Å². The fraction of sp³-hybridized carbons (Fsp3) is 0.200. The summed E-state index contributed by atoms with van der Waals surface area (Å²) < 4.78 is 16.2. The van der Waals surface area contributed by atoms with Gasteiger partial charge in [0.2, 0.25) is 5.91 Å². The number of thioether (sulfide) groups is 2. The van der Waals surface area contributed by atoms with Crippen molar-refractivity contribution in [3.8, 4) is 17.1 Å². The van der Waals surface area contributed by atoms with Crippen molar-refractivity contribution in [1.29, 1.82) is 0 Å². The number of β-lactam (4-membered cyclic amide) rings is 1. The number of benzene rings is 2. The number of methoxy groups -OCH3 is 1. The van der Waals surface area contributed by atoms with E-state index in [1.54, 1.807) is 37.3 Å². The van der Waals surface area contributed by atoms with Gasteiger partial charge in [0, 0.05) is 21.1 Å². The van der Waals surface area contributed by atoms with Gasteiger partial charge in [0.1, 0.15) is 35.2 Å². The van der Waals surface area contributed by atoms with Crippen LogP contribution in [-0.2, 0) is 20.9 Å². The van der Waals surface area contributed by atoms with Gasteiger partial charge in [-0.25, -0.2) is 4.79 Å². The molecule has 9 heteroatoms. The molecule has 2 atom stereocenters. The van der Waals surface area contributed by atoms with E-state index in [-0.39, 0.29) is 23.6 Å². The van der Waals surface area contributed by atoms with Gasteiger partial charge in [-0.3, -0.25) is 9.69 Å². The Bertz CT molecular complexity index is 1220. The molecule has 174 valence electrons. The maximum absolute atomic E-state index is 13.2. The molecule has 5 rings (SSSR count). The minimum atomic E-state index is -0.603. The second-order valence-electron chi connectivity index (χ2n) is 7.74. The molecule has 2 N–H and O–H groups in total. The lowest BCUT2D eigenvalue weighted by molar-refractivity contribution is -0.151. The van der Waals surface area contributed by atoms with Crippen LogP contribution in [0.2, 0.25) is 0 Å². The first kappa shape index (κ1) is 22.6. The average Bonchev–Trinajstić information content (AvgIpc) is 3.42. The van der Waals surface area contributed by atoms with Gasteiger partial charge in [0.25, 0.3) is 0 Å². The van der Waals surface area contributed by atoms with Gasteiger partial charge in [-0.15, -0.1) is 11.8 Å². The average molecular weight is 495 g/mol. The number of carbonyl (C=O) groups excluding carboxylic acids is 2. The highest BCUT2D eigenvalue weighted by molar-refractivity contribution is 8.06. The number of hydrogen-bond acceptors (Lipinski definition) is 8. The Morgan fingerprint density at radius 2 is 1.94 bits per heavy atom. The van der Waals surface area contributed by atoms with Crippen molar-refractivity contribution >= 4 is 35.4 Å². The van der Waals surface area contributed by atoms with Crippen LogP contribution in [0.3, 0.4) is 0 Å². The molecule has 0 spiro atoms. The highest BCUT2D eigenvalue weighted by Gasteiger charge is 2.52. The number of furan rings is 1. The fourth-order valence-corrected chi connectivity index (χ4v) is 6.18. The molecule has 1 saturated heterocycles.